The standard InChI is InChI=1S/C18H21N3O2/c22-16(15-5-2-1-3-6-15)13-18(23)7-11-21(12-8-18)14-17-19-9-4-10-20-17/h1-6,9-10,23H,7-8,11-14H2. The summed E-state index contributed by atoms with van der Waals surface area (Å²) in [7, 11) is 0. The summed E-state index contributed by atoms with van der Waals surface area (Å²) in [4.78, 5) is 23.0. The van der Waals surface area contributed by atoms with Gasteiger partial charge >= 0.3 is 0 Å². The maximum absolute atomic E-state index is 12.3. The molecule has 1 aliphatic heterocycles. The molecule has 1 aromatic heterocycles. The van der Waals surface area contributed by atoms with Gasteiger partial charge in [-0.25, -0.2) is 9.97 Å². The Balaban J connectivity index is 1.54. The van der Waals surface area contributed by atoms with E-state index in [0.29, 0.717) is 24.9 Å². The third-order valence-electron chi connectivity index (χ3n) is 4.36. The van der Waals surface area contributed by atoms with Crippen molar-refractivity contribution in [3.05, 3.63) is 60.2 Å². The van der Waals surface area contributed by atoms with Crippen molar-refractivity contribution in [2.45, 2.75) is 31.4 Å². The Morgan fingerprint density at radius 1 is 1.09 bits per heavy atom. The molecule has 5 nitrogen and oxygen atoms in total. The number of Topliss-reactive ketones (excluding diaryl/α,β-unsaturated/α-hetero) is 1. The highest BCUT2D eigenvalue weighted by Crippen LogP contribution is 2.27. The molecule has 120 valence electrons. The van der Waals surface area contributed by atoms with E-state index in [1.54, 1.807) is 30.6 Å². The van der Waals surface area contributed by atoms with Gasteiger partial charge in [-0.1, -0.05) is 30.3 Å². The molecule has 1 aromatic carbocycles. The number of carbonyl (C=O) groups excluding carboxylic acids is 1. The summed E-state index contributed by atoms with van der Waals surface area (Å²) >= 11 is 0. The van der Waals surface area contributed by atoms with Crippen LogP contribution in [0.5, 0.6) is 0 Å². The van der Waals surface area contributed by atoms with Gasteiger partial charge in [-0.3, -0.25) is 9.69 Å². The molecule has 1 fully saturated rings. The van der Waals surface area contributed by atoms with Crippen molar-refractivity contribution < 1.29 is 9.90 Å². The average molecular weight is 311 g/mol. The molecule has 1 N–H and O–H groups in total. The molecule has 2 aromatic rings. The normalized spacial score (nSPS) is 17.8. The minimum Gasteiger partial charge on any atom is -0.389 e. The zero-order chi connectivity index (χ0) is 16.1. The molecule has 0 aliphatic carbocycles. The first-order valence-corrected chi connectivity index (χ1v) is 7.94. The van der Waals surface area contributed by atoms with Crippen molar-refractivity contribution >= 4 is 5.78 Å². The molecule has 0 amide bonds. The molecule has 0 spiro atoms. The monoisotopic (exact) mass is 311 g/mol. The first-order chi connectivity index (χ1) is 11.1. The molecule has 5 heteroatoms. The predicted molar refractivity (Wildman–Crippen MR) is 86.9 cm³/mol. The van der Waals surface area contributed by atoms with Crippen molar-refractivity contribution in [2.24, 2.45) is 0 Å². The second kappa shape index (κ2) is 6.98. The summed E-state index contributed by atoms with van der Waals surface area (Å²) in [6.45, 7) is 2.18. The summed E-state index contributed by atoms with van der Waals surface area (Å²) in [5.41, 5.74) is -0.234. The summed E-state index contributed by atoms with van der Waals surface area (Å²) in [5.74, 6) is 0.797. The van der Waals surface area contributed by atoms with E-state index < -0.39 is 5.60 Å². The van der Waals surface area contributed by atoms with Crippen LogP contribution in [0.25, 0.3) is 0 Å². The summed E-state index contributed by atoms with van der Waals surface area (Å²) in [5, 5.41) is 10.7. The van der Waals surface area contributed by atoms with E-state index in [4.69, 9.17) is 0 Å². The number of aliphatic hydroxyl groups is 1. The Morgan fingerprint density at radius 3 is 2.39 bits per heavy atom. The molecule has 2 heterocycles. The number of rotatable bonds is 5. The Kier molecular flexibility index (Phi) is 4.79. The number of likely N-dealkylation sites (tertiary alicyclic amines) is 1. The number of piperidine rings is 1. The number of ketones is 1. The molecular weight excluding hydrogens is 290 g/mol. The third-order valence-corrected chi connectivity index (χ3v) is 4.36. The minimum atomic E-state index is -0.902. The number of benzene rings is 1. The number of aromatic nitrogens is 2. The highest BCUT2D eigenvalue weighted by Gasteiger charge is 2.34. The maximum atomic E-state index is 12.3. The fourth-order valence-electron chi connectivity index (χ4n) is 2.94. The molecule has 0 atom stereocenters. The molecule has 3 rings (SSSR count). The van der Waals surface area contributed by atoms with Crippen LogP contribution in [-0.2, 0) is 6.54 Å². The van der Waals surface area contributed by atoms with Gasteiger partial charge in [-0.2, -0.15) is 0 Å². The van der Waals surface area contributed by atoms with Gasteiger partial charge in [0, 0.05) is 37.5 Å². The van der Waals surface area contributed by atoms with E-state index in [-0.39, 0.29) is 12.2 Å². The molecule has 0 saturated carbocycles. The van der Waals surface area contributed by atoms with Crippen LogP contribution in [0.15, 0.2) is 48.8 Å². The lowest BCUT2D eigenvalue weighted by atomic mass is 9.85. The van der Waals surface area contributed by atoms with Gasteiger partial charge in [0.15, 0.2) is 5.78 Å². The molecule has 0 bridgehead atoms. The van der Waals surface area contributed by atoms with Crippen LogP contribution in [0.2, 0.25) is 0 Å². The smallest absolute Gasteiger partial charge is 0.165 e. The topological polar surface area (TPSA) is 66.3 Å². The van der Waals surface area contributed by atoms with Crippen LogP contribution in [0.4, 0.5) is 0 Å². The van der Waals surface area contributed by atoms with Gasteiger partial charge in [0.2, 0.25) is 0 Å². The Hall–Kier alpha value is -2.11. The van der Waals surface area contributed by atoms with Crippen molar-refractivity contribution in [3.8, 4) is 0 Å². The highest BCUT2D eigenvalue weighted by atomic mass is 16.3. The largest absolute Gasteiger partial charge is 0.389 e. The second-order valence-corrected chi connectivity index (χ2v) is 6.13. The minimum absolute atomic E-state index is 0.00735. The first kappa shape index (κ1) is 15.8. The second-order valence-electron chi connectivity index (χ2n) is 6.13. The lowest BCUT2D eigenvalue weighted by Gasteiger charge is -2.37. The fraction of sp³-hybridized carbons (Fsp3) is 0.389. The molecular formula is C18H21N3O2. The van der Waals surface area contributed by atoms with Crippen molar-refractivity contribution in [2.75, 3.05) is 13.1 Å². The van der Waals surface area contributed by atoms with Crippen molar-refractivity contribution in [1.29, 1.82) is 0 Å². The summed E-state index contributed by atoms with van der Waals surface area (Å²) < 4.78 is 0. The highest BCUT2D eigenvalue weighted by molar-refractivity contribution is 5.96. The van der Waals surface area contributed by atoms with Crippen molar-refractivity contribution in [3.63, 3.8) is 0 Å². The predicted octanol–water partition coefficient (Wildman–Crippen LogP) is 2.08. The Bertz CT molecular complexity index is 638. The van der Waals surface area contributed by atoms with E-state index in [9.17, 15) is 9.90 Å². The number of hydrogen-bond donors (Lipinski definition) is 1. The zero-order valence-corrected chi connectivity index (χ0v) is 13.1. The van der Waals surface area contributed by atoms with Crippen LogP contribution in [0, 0.1) is 0 Å². The molecule has 1 saturated heterocycles. The van der Waals surface area contributed by atoms with Crippen LogP contribution < -0.4 is 0 Å². The van der Waals surface area contributed by atoms with E-state index in [1.165, 1.54) is 0 Å². The zero-order valence-electron chi connectivity index (χ0n) is 13.1. The van der Waals surface area contributed by atoms with Crippen molar-refractivity contribution in [1.82, 2.24) is 14.9 Å². The summed E-state index contributed by atoms with van der Waals surface area (Å²) in [6.07, 6.45) is 4.85. The van der Waals surface area contributed by atoms with E-state index >= 15 is 0 Å². The molecule has 1 aliphatic rings. The lowest BCUT2D eigenvalue weighted by Crippen LogP contribution is -2.45. The number of hydrogen-bond acceptors (Lipinski definition) is 5. The number of nitrogens with zero attached hydrogens (tertiary/aromatic N) is 3. The van der Waals surface area contributed by atoms with Crippen LogP contribution in [0.1, 0.15) is 35.4 Å². The van der Waals surface area contributed by atoms with E-state index in [1.807, 2.05) is 18.2 Å². The maximum Gasteiger partial charge on any atom is 0.165 e. The van der Waals surface area contributed by atoms with E-state index in [0.717, 1.165) is 18.9 Å². The molecule has 0 radical (unpaired) electrons. The average Bonchev–Trinajstić information content (AvgIpc) is 2.59. The lowest BCUT2D eigenvalue weighted by molar-refractivity contribution is -0.0246. The van der Waals surface area contributed by atoms with Crippen LogP contribution in [0.3, 0.4) is 0 Å². The van der Waals surface area contributed by atoms with Crippen LogP contribution in [-0.4, -0.2) is 44.4 Å². The third kappa shape index (κ3) is 4.21. The van der Waals surface area contributed by atoms with Gasteiger partial charge in [0.25, 0.3) is 0 Å². The van der Waals surface area contributed by atoms with Gasteiger partial charge in [0.05, 0.1) is 12.1 Å². The summed E-state index contributed by atoms with van der Waals surface area (Å²) in [6, 6.07) is 11.0. The SMILES string of the molecule is O=C(CC1(O)CCN(Cc2ncccn2)CC1)c1ccccc1. The van der Waals surface area contributed by atoms with Gasteiger partial charge < -0.3 is 5.11 Å². The quantitative estimate of drug-likeness (QED) is 0.856. The first-order valence-electron chi connectivity index (χ1n) is 7.94. The number of carbonyl (C=O) groups is 1. The molecule has 23 heavy (non-hydrogen) atoms. The van der Waals surface area contributed by atoms with Gasteiger partial charge in [-0.05, 0) is 18.9 Å². The fourth-order valence-corrected chi connectivity index (χ4v) is 2.94. The van der Waals surface area contributed by atoms with Gasteiger partial charge in [-0.15, -0.1) is 0 Å². The van der Waals surface area contributed by atoms with E-state index in [2.05, 4.69) is 14.9 Å². The van der Waals surface area contributed by atoms with Gasteiger partial charge in [0.1, 0.15) is 5.82 Å². The Labute approximate surface area is 136 Å². The molecule has 0 unspecified atom stereocenters. The Morgan fingerprint density at radius 2 is 1.74 bits per heavy atom. The van der Waals surface area contributed by atoms with Crippen LogP contribution >= 0.6 is 0 Å².